The maximum atomic E-state index is 13.4. The van der Waals surface area contributed by atoms with Gasteiger partial charge in [-0.15, -0.1) is 0 Å². The Hall–Kier alpha value is -2.52. The van der Waals surface area contributed by atoms with E-state index in [1.165, 1.54) is 31.1 Å². The van der Waals surface area contributed by atoms with Crippen LogP contribution in [0.5, 0.6) is 0 Å². The number of thiazole rings is 1. The molecule has 1 N–H and O–H groups in total. The molecule has 0 aromatic carbocycles. The van der Waals surface area contributed by atoms with Crippen molar-refractivity contribution in [1.82, 2.24) is 14.9 Å². The summed E-state index contributed by atoms with van der Waals surface area (Å²) in [7, 11) is 0. The normalized spacial score (nSPS) is 19.7. The summed E-state index contributed by atoms with van der Waals surface area (Å²) in [4.78, 5) is 39.0. The van der Waals surface area contributed by atoms with Crippen molar-refractivity contribution in [3.63, 3.8) is 0 Å². The van der Waals surface area contributed by atoms with Crippen LogP contribution in [0.3, 0.4) is 0 Å². The van der Waals surface area contributed by atoms with Crippen molar-refractivity contribution in [3.8, 4) is 10.6 Å². The molecule has 0 bridgehead atoms. The van der Waals surface area contributed by atoms with Crippen molar-refractivity contribution in [2.24, 2.45) is 5.92 Å². The van der Waals surface area contributed by atoms with Gasteiger partial charge in [0.05, 0.1) is 29.3 Å². The number of hydrogen-bond acceptors (Lipinski definition) is 7. The Morgan fingerprint density at radius 2 is 2.10 bits per heavy atom. The Kier molecular flexibility index (Phi) is 4.94. The van der Waals surface area contributed by atoms with Gasteiger partial charge in [-0.1, -0.05) is 11.3 Å². The Morgan fingerprint density at radius 1 is 1.33 bits per heavy atom. The molecule has 1 saturated carbocycles. The summed E-state index contributed by atoms with van der Waals surface area (Å²) in [6.07, 6.45) is 4.14. The number of aromatic nitrogens is 2. The zero-order valence-corrected chi connectivity index (χ0v) is 18.0. The molecule has 2 fully saturated rings. The van der Waals surface area contributed by atoms with Crippen LogP contribution in [-0.2, 0) is 16.1 Å². The number of pyridine rings is 1. The summed E-state index contributed by atoms with van der Waals surface area (Å²) in [5.74, 6) is 1.30. The quantitative estimate of drug-likeness (QED) is 0.790. The van der Waals surface area contributed by atoms with E-state index < -0.39 is 0 Å². The molecule has 2 amide bonds. The molecule has 0 radical (unpaired) electrons. The van der Waals surface area contributed by atoms with Crippen molar-refractivity contribution in [1.29, 1.82) is 0 Å². The second-order valence-corrected chi connectivity index (χ2v) is 9.22. The molecule has 5 rings (SSSR count). The van der Waals surface area contributed by atoms with Crippen molar-refractivity contribution >= 4 is 34.1 Å². The van der Waals surface area contributed by atoms with Gasteiger partial charge in [-0.3, -0.25) is 9.59 Å². The predicted octanol–water partition coefficient (Wildman–Crippen LogP) is 2.75. The van der Waals surface area contributed by atoms with Crippen LogP contribution in [0.25, 0.3) is 10.6 Å². The van der Waals surface area contributed by atoms with E-state index in [-0.39, 0.29) is 17.9 Å². The maximum Gasteiger partial charge on any atom is 0.258 e. The van der Waals surface area contributed by atoms with E-state index in [4.69, 9.17) is 9.72 Å². The third-order valence-corrected chi connectivity index (χ3v) is 6.98. The molecule has 8 nitrogen and oxygen atoms in total. The minimum Gasteiger partial charge on any atom is -0.378 e. The first-order valence-corrected chi connectivity index (χ1v) is 11.2. The van der Waals surface area contributed by atoms with Crippen molar-refractivity contribution in [2.75, 3.05) is 36.5 Å². The number of ether oxygens (including phenoxy) is 1. The van der Waals surface area contributed by atoms with Gasteiger partial charge in [0, 0.05) is 38.8 Å². The zero-order chi connectivity index (χ0) is 20.8. The number of anilines is 2. The average Bonchev–Trinajstić information content (AvgIpc) is 3.41. The van der Waals surface area contributed by atoms with Crippen molar-refractivity contribution in [2.45, 2.75) is 39.3 Å². The smallest absolute Gasteiger partial charge is 0.258 e. The first-order valence-electron chi connectivity index (χ1n) is 10.4. The number of amides is 2. The average molecular weight is 428 g/mol. The molecule has 1 atom stereocenters. The van der Waals surface area contributed by atoms with Crippen LogP contribution in [0.2, 0.25) is 0 Å². The van der Waals surface area contributed by atoms with Crippen LogP contribution in [0.1, 0.15) is 42.6 Å². The van der Waals surface area contributed by atoms with E-state index in [9.17, 15) is 9.59 Å². The minimum absolute atomic E-state index is 0.0909. The van der Waals surface area contributed by atoms with Crippen LogP contribution < -0.4 is 10.2 Å². The van der Waals surface area contributed by atoms with Crippen LogP contribution >= 0.6 is 11.3 Å². The van der Waals surface area contributed by atoms with Gasteiger partial charge in [0.15, 0.2) is 5.13 Å². The lowest BCUT2D eigenvalue weighted by Crippen LogP contribution is -2.39. The zero-order valence-electron chi connectivity index (χ0n) is 17.2. The Labute approximate surface area is 179 Å². The van der Waals surface area contributed by atoms with Crippen LogP contribution in [0, 0.1) is 5.92 Å². The molecular formula is C21H25N5O3S. The summed E-state index contributed by atoms with van der Waals surface area (Å²) in [5.41, 5.74) is 2.55. The number of nitrogens with one attached hydrogen (secondary N) is 1. The third kappa shape index (κ3) is 3.56. The largest absolute Gasteiger partial charge is 0.378 e. The fraction of sp³-hybridized carbons (Fsp3) is 0.524. The summed E-state index contributed by atoms with van der Waals surface area (Å²) in [6, 6.07) is 2.27. The van der Waals surface area contributed by atoms with Crippen LogP contribution in [0.15, 0.2) is 12.3 Å². The molecule has 3 aliphatic rings. The number of carbonyl (C=O) groups is 2. The number of nitrogens with zero attached hydrogens (tertiary/aromatic N) is 4. The van der Waals surface area contributed by atoms with E-state index in [0.29, 0.717) is 43.9 Å². The number of morpholine rings is 1. The standard InChI is InChI=1S/C21H25N5O3S/c1-12(14-3-4-14)26-11-15-9-16(17-10-22-21(30-17)23-13(2)27)24-19(18(15)20(26)28)25-5-7-29-8-6-25/h9-10,12,14H,3-8,11H2,1-2H3,(H,22,23,27)/t12-/m0/s1. The lowest BCUT2D eigenvalue weighted by Gasteiger charge is -2.29. The number of carbonyl (C=O) groups excluding carboxylic acids is 2. The SMILES string of the molecule is CC(=O)Nc1ncc(-c2cc3c(c(N4CCOCC4)n2)C(=O)N([C@@H](C)C2CC2)C3)s1. The van der Waals surface area contributed by atoms with E-state index in [1.807, 2.05) is 11.0 Å². The molecule has 2 aliphatic heterocycles. The molecule has 9 heteroatoms. The molecule has 1 aliphatic carbocycles. The summed E-state index contributed by atoms with van der Waals surface area (Å²) in [6.45, 7) is 6.94. The lowest BCUT2D eigenvalue weighted by atomic mass is 10.1. The van der Waals surface area contributed by atoms with Gasteiger partial charge in [0.2, 0.25) is 5.91 Å². The van der Waals surface area contributed by atoms with Gasteiger partial charge in [-0.2, -0.15) is 0 Å². The summed E-state index contributed by atoms with van der Waals surface area (Å²) in [5, 5.41) is 3.27. The van der Waals surface area contributed by atoms with Gasteiger partial charge in [0.25, 0.3) is 5.91 Å². The van der Waals surface area contributed by atoms with Crippen LogP contribution in [0.4, 0.5) is 10.9 Å². The molecule has 2 aromatic heterocycles. The highest BCUT2D eigenvalue weighted by molar-refractivity contribution is 7.19. The number of hydrogen-bond donors (Lipinski definition) is 1. The minimum atomic E-state index is -0.151. The van der Waals surface area contributed by atoms with Gasteiger partial charge in [-0.25, -0.2) is 9.97 Å². The van der Waals surface area contributed by atoms with Gasteiger partial charge in [-0.05, 0) is 37.3 Å². The molecule has 0 unspecified atom stereocenters. The van der Waals surface area contributed by atoms with E-state index >= 15 is 0 Å². The maximum absolute atomic E-state index is 13.4. The van der Waals surface area contributed by atoms with E-state index in [0.717, 1.165) is 27.5 Å². The highest BCUT2D eigenvalue weighted by atomic mass is 32.1. The molecule has 4 heterocycles. The second-order valence-electron chi connectivity index (χ2n) is 8.19. The lowest BCUT2D eigenvalue weighted by molar-refractivity contribution is -0.114. The topological polar surface area (TPSA) is 87.7 Å². The van der Waals surface area contributed by atoms with Crippen molar-refractivity contribution in [3.05, 3.63) is 23.4 Å². The molecule has 2 aromatic rings. The Bertz CT molecular complexity index is 997. The van der Waals surface area contributed by atoms with Gasteiger partial charge >= 0.3 is 0 Å². The van der Waals surface area contributed by atoms with Gasteiger partial charge < -0.3 is 19.9 Å². The summed E-state index contributed by atoms with van der Waals surface area (Å²) < 4.78 is 5.51. The van der Waals surface area contributed by atoms with Crippen molar-refractivity contribution < 1.29 is 14.3 Å². The van der Waals surface area contributed by atoms with Gasteiger partial charge in [0.1, 0.15) is 5.82 Å². The predicted molar refractivity (Wildman–Crippen MR) is 115 cm³/mol. The Balaban J connectivity index is 1.54. The van der Waals surface area contributed by atoms with E-state index in [2.05, 4.69) is 22.1 Å². The molecule has 158 valence electrons. The highest BCUT2D eigenvalue weighted by Crippen LogP contribution is 2.41. The highest BCUT2D eigenvalue weighted by Gasteiger charge is 2.41. The molecule has 0 spiro atoms. The fourth-order valence-corrected chi connectivity index (χ4v) is 5.06. The van der Waals surface area contributed by atoms with Crippen LogP contribution in [-0.4, -0.2) is 59.0 Å². The third-order valence-electron chi connectivity index (χ3n) is 6.05. The first kappa shape index (κ1) is 19.4. The Morgan fingerprint density at radius 3 is 2.80 bits per heavy atom. The summed E-state index contributed by atoms with van der Waals surface area (Å²) >= 11 is 1.39. The molecule has 30 heavy (non-hydrogen) atoms. The monoisotopic (exact) mass is 427 g/mol. The molecule has 1 saturated heterocycles. The first-order chi connectivity index (χ1) is 14.5. The number of fused-ring (bicyclic) bond motifs is 1. The van der Waals surface area contributed by atoms with E-state index in [1.54, 1.807) is 6.20 Å². The second kappa shape index (κ2) is 7.63. The fourth-order valence-electron chi connectivity index (χ4n) is 4.23. The number of rotatable bonds is 5. The molecular weight excluding hydrogens is 402 g/mol.